The Balaban J connectivity index is 0.00000132. The average Bonchev–Trinajstić information content (AvgIpc) is 3.00. The molecule has 122 valence electrons. The van der Waals surface area contributed by atoms with Gasteiger partial charge in [-0.2, -0.15) is 0 Å². The molecule has 0 heterocycles. The van der Waals surface area contributed by atoms with E-state index in [1.54, 1.807) is 22.3 Å². The minimum atomic E-state index is -1.80. The molecule has 0 nitrogen and oxygen atoms in total. The molecular weight excluding hydrogens is 402 g/mol. The van der Waals surface area contributed by atoms with Crippen molar-refractivity contribution in [1.29, 1.82) is 0 Å². The molecule has 1 aromatic rings. The van der Waals surface area contributed by atoms with Gasteiger partial charge < -0.3 is 24.8 Å². The van der Waals surface area contributed by atoms with E-state index in [4.69, 9.17) is 0 Å². The second-order valence-electron chi connectivity index (χ2n) is 6.28. The Morgan fingerprint density at radius 1 is 1.00 bits per heavy atom. The van der Waals surface area contributed by atoms with Crippen LogP contribution in [0.25, 0.3) is 6.08 Å². The van der Waals surface area contributed by atoms with Gasteiger partial charge in [0.25, 0.3) is 0 Å². The van der Waals surface area contributed by atoms with Gasteiger partial charge in [-0.1, -0.05) is 0 Å². The number of benzene rings is 1. The van der Waals surface area contributed by atoms with Gasteiger partial charge in [0.2, 0.25) is 0 Å². The van der Waals surface area contributed by atoms with E-state index < -0.39 is 21.3 Å². The Labute approximate surface area is 160 Å². The van der Waals surface area contributed by atoms with Crippen LogP contribution in [0.3, 0.4) is 0 Å². The molecule has 0 aliphatic heterocycles. The monoisotopic (exact) mass is 424 g/mol. The molecule has 0 N–H and O–H groups in total. The molecule has 0 aromatic heterocycles. The zero-order valence-electron chi connectivity index (χ0n) is 14.5. The molecule has 0 radical (unpaired) electrons. The first kappa shape index (κ1) is 20.8. The van der Waals surface area contributed by atoms with Crippen LogP contribution in [0.15, 0.2) is 50.3 Å². The van der Waals surface area contributed by atoms with E-state index in [9.17, 15) is 0 Å². The van der Waals surface area contributed by atoms with Crippen molar-refractivity contribution in [2.45, 2.75) is 38.2 Å². The molecule has 3 rings (SSSR count). The number of rotatable bonds is 2. The van der Waals surface area contributed by atoms with Crippen molar-refractivity contribution >= 4 is 9.78 Å². The first-order valence-corrected chi connectivity index (χ1v) is 11.9. The van der Waals surface area contributed by atoms with Crippen LogP contribution in [0.1, 0.15) is 49.4 Å². The van der Waals surface area contributed by atoms with E-state index in [-0.39, 0.29) is 24.8 Å². The molecule has 0 saturated heterocycles. The van der Waals surface area contributed by atoms with Crippen LogP contribution < -0.4 is 24.8 Å². The fraction of sp³-hybridized carbons (Fsp3) is 0.350. The third-order valence-electron chi connectivity index (χ3n) is 5.40. The van der Waals surface area contributed by atoms with Crippen LogP contribution >= 0.6 is 0 Å². The molecule has 0 fully saturated rings. The van der Waals surface area contributed by atoms with Gasteiger partial charge in [-0.25, -0.2) is 0 Å². The summed E-state index contributed by atoms with van der Waals surface area (Å²) >= 11 is -1.80. The second-order valence-corrected chi connectivity index (χ2v) is 12.8. The minimum absolute atomic E-state index is 0. The summed E-state index contributed by atoms with van der Waals surface area (Å²) < 4.78 is 5.11. The van der Waals surface area contributed by atoms with Crippen LogP contribution in [-0.2, 0) is 21.3 Å². The largest absolute Gasteiger partial charge is 1.00 e. The molecular formula is C20H24Cl2Zr. The molecule has 0 bridgehead atoms. The van der Waals surface area contributed by atoms with Crippen molar-refractivity contribution in [2.24, 2.45) is 5.92 Å². The normalized spacial score (nSPS) is 22.1. The maximum absolute atomic E-state index is 2.60. The molecule has 3 heteroatoms. The van der Waals surface area contributed by atoms with E-state index in [1.165, 1.54) is 5.56 Å². The third kappa shape index (κ3) is 3.44. The maximum Gasteiger partial charge on any atom is -1.00 e. The molecule has 1 aromatic carbocycles. The van der Waals surface area contributed by atoms with Gasteiger partial charge in [0.15, 0.2) is 0 Å². The van der Waals surface area contributed by atoms with Gasteiger partial charge in [0, 0.05) is 0 Å². The molecule has 0 amide bonds. The molecule has 2 aliphatic rings. The first-order valence-electron chi connectivity index (χ1n) is 7.88. The summed E-state index contributed by atoms with van der Waals surface area (Å²) in [4.78, 5) is 0. The van der Waals surface area contributed by atoms with E-state index in [1.807, 2.05) is 3.28 Å². The molecule has 2 aliphatic carbocycles. The average molecular weight is 427 g/mol. The zero-order chi connectivity index (χ0) is 15.1. The second kappa shape index (κ2) is 8.24. The number of hydrogen-bond acceptors (Lipinski definition) is 0. The number of hydrogen-bond donors (Lipinski definition) is 0. The molecule has 0 spiro atoms. The van der Waals surface area contributed by atoms with Crippen molar-refractivity contribution in [3.63, 3.8) is 0 Å². The summed E-state index contributed by atoms with van der Waals surface area (Å²) in [6.45, 7) is 11.7. The molecule has 23 heavy (non-hydrogen) atoms. The number of fused-ring (bicyclic) bond motifs is 1. The predicted octanol–water partition coefficient (Wildman–Crippen LogP) is -0.537. The van der Waals surface area contributed by atoms with E-state index in [0.717, 1.165) is 0 Å². The van der Waals surface area contributed by atoms with Crippen LogP contribution in [0.4, 0.5) is 0 Å². The summed E-state index contributed by atoms with van der Waals surface area (Å²) in [6.07, 6.45) is 4.82. The number of allylic oxidation sites excluding steroid dienone is 5. The predicted molar refractivity (Wildman–Crippen MR) is 90.2 cm³/mol. The Morgan fingerprint density at radius 2 is 1.65 bits per heavy atom. The summed E-state index contributed by atoms with van der Waals surface area (Å²) in [7, 11) is 0. The van der Waals surface area contributed by atoms with Crippen LogP contribution in [0.2, 0.25) is 0 Å². The van der Waals surface area contributed by atoms with Crippen molar-refractivity contribution in [3.05, 3.63) is 61.5 Å². The van der Waals surface area contributed by atoms with Gasteiger partial charge in [0.05, 0.1) is 0 Å². The maximum atomic E-state index is 2.60. The number of halogens is 2. The topological polar surface area (TPSA) is 0 Å². The summed E-state index contributed by atoms with van der Waals surface area (Å²) in [5.41, 5.74) is 7.75. The minimum Gasteiger partial charge on any atom is -1.00 e. The van der Waals surface area contributed by atoms with E-state index in [0.29, 0.717) is 9.54 Å². The van der Waals surface area contributed by atoms with Crippen LogP contribution in [0, 0.1) is 5.92 Å². The molecule has 2 atom stereocenters. The smallest absolute Gasteiger partial charge is 1.00 e. The third-order valence-corrected chi connectivity index (χ3v) is 13.3. The quantitative estimate of drug-likeness (QED) is 0.596. The zero-order valence-corrected chi connectivity index (χ0v) is 18.4. The fourth-order valence-electron chi connectivity index (χ4n) is 3.85. The van der Waals surface area contributed by atoms with Gasteiger partial charge in [0.1, 0.15) is 0 Å². The van der Waals surface area contributed by atoms with Crippen LogP contribution in [0.5, 0.6) is 0 Å². The summed E-state index contributed by atoms with van der Waals surface area (Å²) in [6, 6.07) is 8.95. The van der Waals surface area contributed by atoms with Crippen molar-refractivity contribution in [2.75, 3.05) is 0 Å². The van der Waals surface area contributed by atoms with Crippen molar-refractivity contribution in [1.82, 2.24) is 0 Å². The van der Waals surface area contributed by atoms with Gasteiger partial charge in [-0.3, -0.25) is 0 Å². The van der Waals surface area contributed by atoms with Gasteiger partial charge >= 0.3 is 137 Å². The first-order chi connectivity index (χ1) is 10.1. The van der Waals surface area contributed by atoms with Crippen LogP contribution in [-0.4, -0.2) is 3.71 Å². The summed E-state index contributed by atoms with van der Waals surface area (Å²) in [5, 5.41) is 0. The Hall–Kier alpha value is -0.227. The fourth-order valence-corrected chi connectivity index (χ4v) is 11.8. The Morgan fingerprint density at radius 3 is 2.22 bits per heavy atom. The van der Waals surface area contributed by atoms with Crippen molar-refractivity contribution < 1.29 is 46.1 Å². The Bertz CT molecular complexity index is 723. The van der Waals surface area contributed by atoms with E-state index >= 15 is 0 Å². The SMILES string of the molecule is C[CH]=[Zr+2]([C]1=C(C)C(C)=C(C)C1C)[CH]1C=Cc2ccccc21.[Cl-].[Cl-]. The van der Waals surface area contributed by atoms with E-state index in [2.05, 4.69) is 74.7 Å². The molecule has 2 unspecified atom stereocenters. The van der Waals surface area contributed by atoms with Gasteiger partial charge in [-0.15, -0.1) is 0 Å². The Kier molecular flexibility index (Phi) is 7.46. The standard InChI is InChI=1S/C9H7.C9H13.C2H4.2ClH.Zr/c1-2-5-9-7-3-6-8(9)4-1;1-6-5-7(2)9(4)8(6)3;1-2;;;/h1-7H;6H,1-4H3;1H,2H3;2*1H;/q;;;;;+2/p-2. The summed E-state index contributed by atoms with van der Waals surface area (Å²) in [5.74, 6) is 0.664. The van der Waals surface area contributed by atoms with Gasteiger partial charge in [-0.05, 0) is 0 Å². The molecule has 0 saturated carbocycles. The van der Waals surface area contributed by atoms with Crippen molar-refractivity contribution in [3.8, 4) is 0 Å².